The Balaban J connectivity index is 3.23. The molecule has 2 heteroatoms. The minimum atomic E-state index is -0.909. The van der Waals surface area contributed by atoms with Crippen molar-refractivity contribution in [3.63, 3.8) is 0 Å². The van der Waals surface area contributed by atoms with E-state index in [-0.39, 0.29) is 0 Å². The Morgan fingerprint density at radius 3 is 2.27 bits per heavy atom. The summed E-state index contributed by atoms with van der Waals surface area (Å²) in [5.41, 5.74) is 4.64. The number of unbranched alkanes of at least 4 members (excludes halogenated alkanes) is 3. The average molecular weight is 159 g/mol. The van der Waals surface area contributed by atoms with Gasteiger partial charge >= 0.3 is 0 Å². The Morgan fingerprint density at radius 2 is 1.82 bits per heavy atom. The number of hydrogen-bond acceptors (Lipinski definition) is 2. The molecule has 1 unspecified atom stereocenters. The molecule has 0 aliphatic heterocycles. The number of hydrogen-bond donors (Lipinski definition) is 2. The summed E-state index contributed by atoms with van der Waals surface area (Å²) in [6.07, 6.45) is 6.11. The second kappa shape index (κ2) is 5.56. The zero-order chi connectivity index (χ0) is 8.74. The van der Waals surface area contributed by atoms with E-state index in [1.54, 1.807) is 0 Å². The van der Waals surface area contributed by atoms with Crippen molar-refractivity contribution in [2.45, 2.75) is 58.1 Å². The van der Waals surface area contributed by atoms with E-state index in [2.05, 4.69) is 6.92 Å². The highest BCUT2D eigenvalue weighted by Gasteiger charge is 2.16. The van der Waals surface area contributed by atoms with Gasteiger partial charge in [0.25, 0.3) is 0 Å². The van der Waals surface area contributed by atoms with Crippen LogP contribution in [-0.4, -0.2) is 10.8 Å². The average Bonchev–Trinajstić information content (AvgIpc) is 1.99. The molecule has 0 radical (unpaired) electrons. The van der Waals surface area contributed by atoms with E-state index in [0.717, 1.165) is 12.8 Å². The number of nitrogens with two attached hydrogens (primary N) is 1. The summed E-state index contributed by atoms with van der Waals surface area (Å²) in [5, 5.41) is 9.40. The lowest BCUT2D eigenvalue weighted by atomic mass is 10.0. The molecule has 2 nitrogen and oxygen atoms in total. The van der Waals surface area contributed by atoms with Gasteiger partial charge in [0.05, 0.1) is 0 Å². The van der Waals surface area contributed by atoms with Crippen LogP contribution in [-0.2, 0) is 0 Å². The second-order valence-corrected chi connectivity index (χ2v) is 3.27. The lowest BCUT2D eigenvalue weighted by Crippen LogP contribution is -2.38. The normalized spacial score (nSPS) is 16.4. The Kier molecular flexibility index (Phi) is 5.51. The lowest BCUT2D eigenvalue weighted by Gasteiger charge is -2.20. The van der Waals surface area contributed by atoms with Crippen LogP contribution < -0.4 is 5.73 Å². The van der Waals surface area contributed by atoms with Crippen molar-refractivity contribution < 1.29 is 5.11 Å². The van der Waals surface area contributed by atoms with Gasteiger partial charge in [-0.15, -0.1) is 0 Å². The Morgan fingerprint density at radius 1 is 1.18 bits per heavy atom. The molecule has 0 amide bonds. The van der Waals surface area contributed by atoms with Crippen LogP contribution in [0, 0.1) is 0 Å². The minimum Gasteiger partial charge on any atom is -0.376 e. The third kappa shape index (κ3) is 6.32. The van der Waals surface area contributed by atoms with E-state index in [9.17, 15) is 5.11 Å². The fraction of sp³-hybridized carbons (Fsp3) is 1.00. The maximum atomic E-state index is 9.40. The van der Waals surface area contributed by atoms with Crippen molar-refractivity contribution in [1.29, 1.82) is 0 Å². The van der Waals surface area contributed by atoms with Crippen molar-refractivity contribution >= 4 is 0 Å². The third-order valence-electron chi connectivity index (χ3n) is 2.08. The molecule has 0 heterocycles. The molecule has 0 saturated carbocycles. The molecule has 0 aromatic heterocycles. The van der Waals surface area contributed by atoms with Crippen molar-refractivity contribution in [2.75, 3.05) is 0 Å². The minimum absolute atomic E-state index is 0.652. The molecule has 0 aromatic rings. The van der Waals surface area contributed by atoms with E-state index in [0.29, 0.717) is 6.42 Å². The van der Waals surface area contributed by atoms with Gasteiger partial charge in [0, 0.05) is 0 Å². The SMILES string of the molecule is CCCCCCC(N)(O)CC. The topological polar surface area (TPSA) is 46.2 Å². The molecule has 11 heavy (non-hydrogen) atoms. The summed E-state index contributed by atoms with van der Waals surface area (Å²) in [7, 11) is 0. The first-order valence-corrected chi connectivity index (χ1v) is 4.63. The first-order valence-electron chi connectivity index (χ1n) is 4.63. The highest BCUT2D eigenvalue weighted by atomic mass is 16.3. The monoisotopic (exact) mass is 159 g/mol. The Labute approximate surface area is 69.8 Å². The van der Waals surface area contributed by atoms with Gasteiger partial charge in [0.2, 0.25) is 0 Å². The van der Waals surface area contributed by atoms with Gasteiger partial charge < -0.3 is 10.8 Å². The zero-order valence-electron chi connectivity index (χ0n) is 7.77. The van der Waals surface area contributed by atoms with Gasteiger partial charge in [0.1, 0.15) is 5.72 Å². The molecule has 3 N–H and O–H groups in total. The summed E-state index contributed by atoms with van der Waals surface area (Å²) in [5.74, 6) is 0. The molecule has 0 aromatic carbocycles. The van der Waals surface area contributed by atoms with E-state index in [1.165, 1.54) is 19.3 Å². The van der Waals surface area contributed by atoms with Gasteiger partial charge in [0.15, 0.2) is 0 Å². The van der Waals surface area contributed by atoms with Crippen LogP contribution in [0.3, 0.4) is 0 Å². The van der Waals surface area contributed by atoms with Gasteiger partial charge in [-0.2, -0.15) is 0 Å². The van der Waals surface area contributed by atoms with Crippen LogP contribution in [0.4, 0.5) is 0 Å². The number of aliphatic hydroxyl groups is 1. The molecule has 1 atom stereocenters. The van der Waals surface area contributed by atoms with Crippen LogP contribution in [0.1, 0.15) is 52.4 Å². The van der Waals surface area contributed by atoms with Crippen LogP contribution in [0.5, 0.6) is 0 Å². The Hall–Kier alpha value is -0.0800. The summed E-state index contributed by atoms with van der Waals surface area (Å²) in [6, 6.07) is 0. The van der Waals surface area contributed by atoms with Crippen molar-refractivity contribution in [1.82, 2.24) is 0 Å². The lowest BCUT2D eigenvalue weighted by molar-refractivity contribution is 0.0315. The fourth-order valence-corrected chi connectivity index (χ4v) is 1.03. The van der Waals surface area contributed by atoms with Crippen LogP contribution >= 0.6 is 0 Å². The molecular weight excluding hydrogens is 138 g/mol. The largest absolute Gasteiger partial charge is 0.376 e. The van der Waals surface area contributed by atoms with Crippen molar-refractivity contribution in [2.24, 2.45) is 5.73 Å². The summed E-state index contributed by atoms with van der Waals surface area (Å²) in [6.45, 7) is 4.09. The molecular formula is C9H21NO. The molecule has 0 aliphatic carbocycles. The molecule has 0 saturated heterocycles. The van der Waals surface area contributed by atoms with Crippen LogP contribution in [0.25, 0.3) is 0 Å². The van der Waals surface area contributed by atoms with Crippen molar-refractivity contribution in [3.8, 4) is 0 Å². The zero-order valence-corrected chi connectivity index (χ0v) is 7.77. The van der Waals surface area contributed by atoms with Crippen molar-refractivity contribution in [3.05, 3.63) is 0 Å². The van der Waals surface area contributed by atoms with Gasteiger partial charge in [-0.25, -0.2) is 0 Å². The third-order valence-corrected chi connectivity index (χ3v) is 2.08. The van der Waals surface area contributed by atoms with Gasteiger partial charge in [-0.05, 0) is 19.3 Å². The molecule has 0 bridgehead atoms. The smallest absolute Gasteiger partial charge is 0.113 e. The predicted molar refractivity (Wildman–Crippen MR) is 48.2 cm³/mol. The van der Waals surface area contributed by atoms with Gasteiger partial charge in [-0.3, -0.25) is 0 Å². The van der Waals surface area contributed by atoms with Gasteiger partial charge in [-0.1, -0.05) is 33.1 Å². The summed E-state index contributed by atoms with van der Waals surface area (Å²) < 4.78 is 0. The van der Waals surface area contributed by atoms with E-state index < -0.39 is 5.72 Å². The number of rotatable bonds is 6. The first-order chi connectivity index (χ1) is 5.12. The quantitative estimate of drug-likeness (QED) is 0.460. The molecule has 68 valence electrons. The highest BCUT2D eigenvalue weighted by Crippen LogP contribution is 2.12. The van der Waals surface area contributed by atoms with E-state index >= 15 is 0 Å². The summed E-state index contributed by atoms with van der Waals surface area (Å²) in [4.78, 5) is 0. The standard InChI is InChI=1S/C9H21NO/c1-3-5-6-7-8-9(10,11)4-2/h11H,3-8,10H2,1-2H3. The van der Waals surface area contributed by atoms with Crippen LogP contribution in [0.2, 0.25) is 0 Å². The molecule has 0 spiro atoms. The van der Waals surface area contributed by atoms with E-state index in [4.69, 9.17) is 5.73 Å². The second-order valence-electron chi connectivity index (χ2n) is 3.27. The highest BCUT2D eigenvalue weighted by molar-refractivity contribution is 4.67. The summed E-state index contributed by atoms with van der Waals surface area (Å²) >= 11 is 0. The Bertz CT molecular complexity index is 91.6. The molecule has 0 rings (SSSR count). The molecule has 0 aliphatic rings. The maximum Gasteiger partial charge on any atom is 0.113 e. The first kappa shape index (κ1) is 10.9. The van der Waals surface area contributed by atoms with Crippen LogP contribution in [0.15, 0.2) is 0 Å². The predicted octanol–water partition coefficient (Wildman–Crippen LogP) is 2.01. The maximum absolute atomic E-state index is 9.40. The van der Waals surface area contributed by atoms with E-state index in [1.807, 2.05) is 6.92 Å². The molecule has 0 fully saturated rings. The fourth-order valence-electron chi connectivity index (χ4n) is 1.03.